The molecular weight excluding hydrogens is 218 g/mol. The van der Waals surface area contributed by atoms with Crippen LogP contribution in [-0.4, -0.2) is 20.1 Å². The fourth-order valence-corrected chi connectivity index (χ4v) is 1.44. The van der Waals surface area contributed by atoms with Crippen LogP contribution < -0.4 is 14.8 Å². The average Bonchev–Trinajstić information content (AvgIpc) is 2.31. The Morgan fingerprint density at radius 3 is 2.35 bits per heavy atom. The van der Waals surface area contributed by atoms with Gasteiger partial charge >= 0.3 is 0 Å². The Bertz CT molecular complexity index is 439. The van der Waals surface area contributed by atoms with Gasteiger partial charge in [0.15, 0.2) is 11.5 Å². The molecule has 0 aliphatic carbocycles. The van der Waals surface area contributed by atoms with Crippen LogP contribution in [0, 0.1) is 6.92 Å². The lowest BCUT2D eigenvalue weighted by atomic mass is 10.1. The molecule has 0 atom stereocenters. The normalized spacial score (nSPS) is 10.4. The molecule has 0 saturated heterocycles. The van der Waals surface area contributed by atoms with Crippen molar-refractivity contribution in [1.29, 1.82) is 0 Å². The van der Waals surface area contributed by atoms with Gasteiger partial charge in [-0.2, -0.15) is 0 Å². The van der Waals surface area contributed by atoms with Crippen LogP contribution in [0.25, 0.3) is 0 Å². The molecule has 0 radical (unpaired) electrons. The molecular formula is C13H17NO3. The Morgan fingerprint density at radius 2 is 1.82 bits per heavy atom. The molecule has 1 aromatic carbocycles. The van der Waals surface area contributed by atoms with Gasteiger partial charge in [-0.15, -0.1) is 0 Å². The number of rotatable bonds is 4. The number of anilines is 1. The predicted octanol–water partition coefficient (Wildman–Crippen LogP) is 2.53. The maximum Gasteiger partial charge on any atom is 0.248 e. The third-order valence-electron chi connectivity index (χ3n) is 2.31. The van der Waals surface area contributed by atoms with Crippen molar-refractivity contribution >= 4 is 11.6 Å². The third kappa shape index (κ3) is 3.24. The summed E-state index contributed by atoms with van der Waals surface area (Å²) in [5.74, 6) is 1.07. The molecule has 1 amide bonds. The number of methoxy groups -OCH3 is 2. The zero-order valence-electron chi connectivity index (χ0n) is 10.5. The monoisotopic (exact) mass is 235 g/mol. The van der Waals surface area contributed by atoms with Gasteiger partial charge in [-0.05, 0) is 31.6 Å². The van der Waals surface area contributed by atoms with Gasteiger partial charge in [0.2, 0.25) is 5.91 Å². The minimum Gasteiger partial charge on any atom is -0.493 e. The van der Waals surface area contributed by atoms with Crippen molar-refractivity contribution in [2.45, 2.75) is 13.8 Å². The first-order valence-corrected chi connectivity index (χ1v) is 5.28. The van der Waals surface area contributed by atoms with Crippen LogP contribution in [0.4, 0.5) is 5.69 Å². The third-order valence-corrected chi connectivity index (χ3v) is 2.31. The van der Waals surface area contributed by atoms with E-state index in [4.69, 9.17) is 9.47 Å². The number of amides is 1. The highest BCUT2D eigenvalue weighted by Crippen LogP contribution is 2.32. The van der Waals surface area contributed by atoms with Crippen molar-refractivity contribution in [1.82, 2.24) is 0 Å². The van der Waals surface area contributed by atoms with Gasteiger partial charge in [-0.3, -0.25) is 4.79 Å². The van der Waals surface area contributed by atoms with Gasteiger partial charge in [0.05, 0.1) is 14.2 Å². The number of carbonyl (C=O) groups is 1. The van der Waals surface area contributed by atoms with Crippen LogP contribution in [0.1, 0.15) is 12.5 Å². The summed E-state index contributed by atoms with van der Waals surface area (Å²) in [6, 6.07) is 3.57. The molecule has 0 unspecified atom stereocenters. The van der Waals surface area contributed by atoms with Gasteiger partial charge in [-0.25, -0.2) is 0 Å². The summed E-state index contributed by atoms with van der Waals surface area (Å²) in [5.41, 5.74) is 1.63. The van der Waals surface area contributed by atoms with Crippen LogP contribution in [0.2, 0.25) is 0 Å². The minimum absolute atomic E-state index is 0.164. The fraction of sp³-hybridized carbons (Fsp3) is 0.308. The standard InChI is InChI=1S/C13H17NO3/c1-5-6-13(15)14-10-8-12(17-4)11(16-3)7-9(10)2/h5-8H,1-4H3,(H,14,15). The smallest absolute Gasteiger partial charge is 0.248 e. The Labute approximate surface area is 101 Å². The molecule has 4 nitrogen and oxygen atoms in total. The number of hydrogen-bond acceptors (Lipinski definition) is 3. The second kappa shape index (κ2) is 5.94. The molecule has 0 bridgehead atoms. The molecule has 92 valence electrons. The summed E-state index contributed by atoms with van der Waals surface area (Å²) in [6.07, 6.45) is 3.15. The topological polar surface area (TPSA) is 47.6 Å². The van der Waals surface area contributed by atoms with Crippen molar-refractivity contribution in [3.05, 3.63) is 29.8 Å². The molecule has 0 aliphatic rings. The lowest BCUT2D eigenvalue weighted by Crippen LogP contribution is -2.09. The van der Waals surface area contributed by atoms with E-state index in [-0.39, 0.29) is 5.91 Å². The zero-order chi connectivity index (χ0) is 12.8. The van der Waals surface area contributed by atoms with E-state index in [1.54, 1.807) is 33.3 Å². The van der Waals surface area contributed by atoms with Crippen molar-refractivity contribution in [2.75, 3.05) is 19.5 Å². The largest absolute Gasteiger partial charge is 0.493 e. The Morgan fingerprint density at radius 1 is 1.24 bits per heavy atom. The molecule has 0 saturated carbocycles. The summed E-state index contributed by atoms with van der Waals surface area (Å²) in [6.45, 7) is 3.69. The van der Waals surface area contributed by atoms with E-state index in [1.165, 1.54) is 6.08 Å². The summed E-state index contributed by atoms with van der Waals surface area (Å²) in [5, 5.41) is 2.78. The van der Waals surface area contributed by atoms with E-state index in [0.717, 1.165) is 5.56 Å². The molecule has 0 heterocycles. The highest BCUT2D eigenvalue weighted by atomic mass is 16.5. The van der Waals surface area contributed by atoms with Crippen molar-refractivity contribution in [3.8, 4) is 11.5 Å². The first kappa shape index (κ1) is 13.1. The van der Waals surface area contributed by atoms with Crippen molar-refractivity contribution < 1.29 is 14.3 Å². The van der Waals surface area contributed by atoms with E-state index in [2.05, 4.69) is 5.32 Å². The number of hydrogen-bond donors (Lipinski definition) is 1. The SMILES string of the molecule is CC=CC(=O)Nc1cc(OC)c(OC)cc1C. The first-order chi connectivity index (χ1) is 8.12. The van der Waals surface area contributed by atoms with Crippen molar-refractivity contribution in [3.63, 3.8) is 0 Å². The second-order valence-corrected chi connectivity index (χ2v) is 3.51. The maximum atomic E-state index is 11.4. The van der Waals surface area contributed by atoms with Crippen LogP contribution in [0.3, 0.4) is 0 Å². The molecule has 4 heteroatoms. The summed E-state index contributed by atoms with van der Waals surface area (Å²) >= 11 is 0. The zero-order valence-corrected chi connectivity index (χ0v) is 10.5. The van der Waals surface area contributed by atoms with E-state index < -0.39 is 0 Å². The molecule has 17 heavy (non-hydrogen) atoms. The maximum absolute atomic E-state index is 11.4. The van der Waals surface area contributed by atoms with Gasteiger partial charge in [0.25, 0.3) is 0 Å². The summed E-state index contributed by atoms with van der Waals surface area (Å²) < 4.78 is 10.4. The quantitative estimate of drug-likeness (QED) is 0.816. The average molecular weight is 235 g/mol. The molecule has 0 aliphatic heterocycles. The number of carbonyl (C=O) groups excluding carboxylic acids is 1. The summed E-state index contributed by atoms with van der Waals surface area (Å²) in [7, 11) is 3.14. The van der Waals surface area contributed by atoms with Gasteiger partial charge in [-0.1, -0.05) is 6.08 Å². The number of benzene rings is 1. The highest BCUT2D eigenvalue weighted by Gasteiger charge is 2.09. The lowest BCUT2D eigenvalue weighted by molar-refractivity contribution is -0.111. The molecule has 1 N–H and O–H groups in total. The van der Waals surface area contributed by atoms with Crippen LogP contribution in [0.5, 0.6) is 11.5 Å². The lowest BCUT2D eigenvalue weighted by Gasteiger charge is -2.12. The molecule has 0 aromatic heterocycles. The molecule has 0 fully saturated rings. The van der Waals surface area contributed by atoms with Crippen LogP contribution in [-0.2, 0) is 4.79 Å². The van der Waals surface area contributed by atoms with E-state index in [9.17, 15) is 4.79 Å². The number of ether oxygens (including phenoxy) is 2. The Kier molecular flexibility index (Phi) is 4.57. The highest BCUT2D eigenvalue weighted by molar-refractivity contribution is 5.99. The van der Waals surface area contributed by atoms with Crippen LogP contribution >= 0.6 is 0 Å². The predicted molar refractivity (Wildman–Crippen MR) is 67.7 cm³/mol. The first-order valence-electron chi connectivity index (χ1n) is 5.28. The number of allylic oxidation sites excluding steroid dienone is 1. The van der Waals surface area contributed by atoms with Crippen LogP contribution in [0.15, 0.2) is 24.3 Å². The van der Waals surface area contributed by atoms with Gasteiger partial charge in [0.1, 0.15) is 0 Å². The fourth-order valence-electron chi connectivity index (χ4n) is 1.44. The minimum atomic E-state index is -0.164. The van der Waals surface area contributed by atoms with Gasteiger partial charge in [0, 0.05) is 11.8 Å². The van der Waals surface area contributed by atoms with Gasteiger partial charge < -0.3 is 14.8 Å². The van der Waals surface area contributed by atoms with E-state index in [1.807, 2.05) is 13.0 Å². The molecule has 0 spiro atoms. The summed E-state index contributed by atoms with van der Waals surface area (Å²) in [4.78, 5) is 11.4. The second-order valence-electron chi connectivity index (χ2n) is 3.51. The van der Waals surface area contributed by atoms with E-state index >= 15 is 0 Å². The van der Waals surface area contributed by atoms with E-state index in [0.29, 0.717) is 17.2 Å². The number of aryl methyl sites for hydroxylation is 1. The number of nitrogens with one attached hydrogen (secondary N) is 1. The molecule has 1 rings (SSSR count). The Balaban J connectivity index is 3.04. The van der Waals surface area contributed by atoms with Crippen molar-refractivity contribution in [2.24, 2.45) is 0 Å². The Hall–Kier alpha value is -1.97. The molecule has 1 aromatic rings.